The topological polar surface area (TPSA) is 48.0 Å². The Morgan fingerprint density at radius 3 is 2.83 bits per heavy atom. The fraction of sp³-hybridized carbons (Fsp3) is 0.286. The second-order valence-corrected chi connectivity index (χ2v) is 6.21. The average molecular weight is 321 g/mol. The van der Waals surface area contributed by atoms with Crippen LogP contribution in [0.15, 0.2) is 54.7 Å². The molecule has 0 saturated carbocycles. The maximum atomic E-state index is 10.1. The maximum absolute atomic E-state index is 10.1. The van der Waals surface area contributed by atoms with E-state index in [1.807, 2.05) is 12.6 Å². The highest BCUT2D eigenvalue weighted by molar-refractivity contribution is 5.79. The van der Waals surface area contributed by atoms with Crippen molar-refractivity contribution in [3.63, 3.8) is 0 Å². The molecule has 125 valence electrons. The molecule has 0 spiro atoms. The van der Waals surface area contributed by atoms with Crippen LogP contribution in [-0.4, -0.2) is 22.7 Å². The zero-order chi connectivity index (χ0) is 16.8. The van der Waals surface area contributed by atoms with Gasteiger partial charge in [-0.1, -0.05) is 37.3 Å². The first-order valence-electron chi connectivity index (χ1n) is 8.60. The van der Waals surface area contributed by atoms with E-state index in [2.05, 4.69) is 65.8 Å². The van der Waals surface area contributed by atoms with Crippen LogP contribution in [0.3, 0.4) is 0 Å². The minimum Gasteiger partial charge on any atom is -0.391 e. The molecule has 0 fully saturated rings. The SMILES string of the molecule is CCc1cccc(CNCC(O)[CH]Cc2ccc3[nH]ccc3c2)c1. The van der Waals surface area contributed by atoms with Gasteiger partial charge in [0.2, 0.25) is 0 Å². The van der Waals surface area contributed by atoms with Crippen LogP contribution in [0.5, 0.6) is 0 Å². The number of aryl methyl sites for hydroxylation is 1. The van der Waals surface area contributed by atoms with Gasteiger partial charge in [-0.25, -0.2) is 0 Å². The third-order valence-corrected chi connectivity index (χ3v) is 4.33. The number of fused-ring (bicyclic) bond motifs is 1. The lowest BCUT2D eigenvalue weighted by Gasteiger charge is -2.12. The van der Waals surface area contributed by atoms with Crippen LogP contribution in [0.1, 0.15) is 23.6 Å². The zero-order valence-corrected chi connectivity index (χ0v) is 14.1. The maximum Gasteiger partial charge on any atom is 0.0699 e. The van der Waals surface area contributed by atoms with E-state index in [1.54, 1.807) is 0 Å². The van der Waals surface area contributed by atoms with Gasteiger partial charge >= 0.3 is 0 Å². The number of hydrogen-bond acceptors (Lipinski definition) is 2. The molecule has 0 aliphatic heterocycles. The fourth-order valence-electron chi connectivity index (χ4n) is 2.91. The van der Waals surface area contributed by atoms with Gasteiger partial charge < -0.3 is 15.4 Å². The van der Waals surface area contributed by atoms with Gasteiger partial charge in [-0.05, 0) is 59.5 Å². The van der Waals surface area contributed by atoms with E-state index in [0.717, 1.165) is 24.9 Å². The molecule has 3 N–H and O–H groups in total. The van der Waals surface area contributed by atoms with E-state index in [1.165, 1.54) is 22.1 Å². The molecule has 0 amide bonds. The summed E-state index contributed by atoms with van der Waals surface area (Å²) in [5.41, 5.74) is 4.98. The van der Waals surface area contributed by atoms with Gasteiger partial charge in [-0.2, -0.15) is 0 Å². The number of aromatic nitrogens is 1. The summed E-state index contributed by atoms with van der Waals surface area (Å²) in [6.45, 7) is 3.52. The molecule has 2 aromatic carbocycles. The third-order valence-electron chi connectivity index (χ3n) is 4.33. The van der Waals surface area contributed by atoms with Gasteiger partial charge in [0.05, 0.1) is 6.10 Å². The Bertz CT molecular complexity index is 778. The number of aliphatic hydroxyl groups excluding tert-OH is 1. The summed E-state index contributed by atoms with van der Waals surface area (Å²) >= 11 is 0. The number of benzene rings is 2. The summed E-state index contributed by atoms with van der Waals surface area (Å²) in [7, 11) is 0. The Balaban J connectivity index is 1.42. The van der Waals surface area contributed by atoms with Crippen LogP contribution >= 0.6 is 0 Å². The first-order valence-corrected chi connectivity index (χ1v) is 8.60. The van der Waals surface area contributed by atoms with E-state index < -0.39 is 6.10 Å². The van der Waals surface area contributed by atoms with Crippen molar-refractivity contribution in [2.45, 2.75) is 32.4 Å². The minimum atomic E-state index is -0.443. The molecule has 1 unspecified atom stereocenters. The monoisotopic (exact) mass is 321 g/mol. The average Bonchev–Trinajstić information content (AvgIpc) is 3.08. The summed E-state index contributed by atoms with van der Waals surface area (Å²) in [4.78, 5) is 3.19. The van der Waals surface area contributed by atoms with E-state index in [9.17, 15) is 5.11 Å². The number of aromatic amines is 1. The van der Waals surface area contributed by atoms with Crippen molar-refractivity contribution in [1.29, 1.82) is 0 Å². The second kappa shape index (κ2) is 8.13. The van der Waals surface area contributed by atoms with Crippen LogP contribution in [0.25, 0.3) is 10.9 Å². The van der Waals surface area contributed by atoms with E-state index >= 15 is 0 Å². The molecule has 3 rings (SSSR count). The van der Waals surface area contributed by atoms with Gasteiger partial charge in [-0.15, -0.1) is 0 Å². The first-order chi connectivity index (χ1) is 11.7. The Kier molecular flexibility index (Phi) is 5.68. The Labute approximate surface area is 143 Å². The fourth-order valence-corrected chi connectivity index (χ4v) is 2.91. The summed E-state index contributed by atoms with van der Waals surface area (Å²) in [6, 6.07) is 17.0. The Hall–Kier alpha value is -2.10. The van der Waals surface area contributed by atoms with E-state index in [0.29, 0.717) is 6.54 Å². The van der Waals surface area contributed by atoms with Crippen LogP contribution in [0, 0.1) is 6.42 Å². The number of nitrogens with one attached hydrogen (secondary N) is 2. The van der Waals surface area contributed by atoms with Gasteiger partial charge in [0.15, 0.2) is 0 Å². The lowest BCUT2D eigenvalue weighted by atomic mass is 10.0. The molecule has 3 aromatic rings. The van der Waals surface area contributed by atoms with Gasteiger partial charge in [-0.3, -0.25) is 0 Å². The number of hydrogen-bond donors (Lipinski definition) is 3. The molecule has 24 heavy (non-hydrogen) atoms. The van der Waals surface area contributed by atoms with E-state index in [-0.39, 0.29) is 0 Å². The summed E-state index contributed by atoms with van der Waals surface area (Å²) in [5, 5.41) is 14.7. The molecule has 0 aliphatic rings. The molecule has 0 bridgehead atoms. The predicted molar refractivity (Wildman–Crippen MR) is 99.8 cm³/mol. The standard InChI is InChI=1S/C21H25N2O/c1-2-16-4-3-5-18(12-16)14-22-15-20(24)8-6-17-7-9-21-19(13-17)10-11-23-21/h3-5,7-13,20,22-24H,2,6,14-15H2,1H3. The zero-order valence-electron chi connectivity index (χ0n) is 14.1. The third kappa shape index (κ3) is 4.47. The summed E-state index contributed by atoms with van der Waals surface area (Å²) in [6.07, 6.45) is 5.29. The second-order valence-electron chi connectivity index (χ2n) is 6.21. The van der Waals surface area contributed by atoms with Crippen molar-refractivity contribution in [2.75, 3.05) is 6.54 Å². The summed E-state index contributed by atoms with van der Waals surface area (Å²) in [5.74, 6) is 0. The van der Waals surface area contributed by atoms with Gasteiger partial charge in [0.1, 0.15) is 0 Å². The van der Waals surface area contributed by atoms with Crippen LogP contribution in [-0.2, 0) is 19.4 Å². The number of rotatable bonds is 8. The molecular weight excluding hydrogens is 296 g/mol. The molecule has 1 aromatic heterocycles. The van der Waals surface area contributed by atoms with Gasteiger partial charge in [0, 0.05) is 24.8 Å². The lowest BCUT2D eigenvalue weighted by Crippen LogP contribution is -2.27. The molecule has 1 heterocycles. The Morgan fingerprint density at radius 2 is 1.96 bits per heavy atom. The molecular formula is C21H25N2O. The lowest BCUT2D eigenvalue weighted by molar-refractivity contribution is 0.200. The molecule has 0 saturated heterocycles. The van der Waals surface area contributed by atoms with Crippen molar-refractivity contribution in [2.24, 2.45) is 0 Å². The van der Waals surface area contributed by atoms with Gasteiger partial charge in [0.25, 0.3) is 0 Å². The molecule has 1 atom stereocenters. The largest absolute Gasteiger partial charge is 0.391 e. The minimum absolute atomic E-state index is 0.443. The van der Waals surface area contributed by atoms with Crippen LogP contribution in [0.2, 0.25) is 0 Å². The van der Waals surface area contributed by atoms with Crippen molar-refractivity contribution < 1.29 is 5.11 Å². The summed E-state index contributed by atoms with van der Waals surface area (Å²) < 4.78 is 0. The van der Waals surface area contributed by atoms with E-state index in [4.69, 9.17) is 0 Å². The molecule has 3 heteroatoms. The van der Waals surface area contributed by atoms with Crippen LogP contribution < -0.4 is 5.32 Å². The predicted octanol–water partition coefficient (Wildman–Crippen LogP) is 3.63. The molecule has 3 nitrogen and oxygen atoms in total. The van der Waals surface area contributed by atoms with Crippen LogP contribution in [0.4, 0.5) is 0 Å². The smallest absolute Gasteiger partial charge is 0.0699 e. The van der Waals surface area contributed by atoms with Crippen molar-refractivity contribution in [3.05, 3.63) is 77.8 Å². The van der Waals surface area contributed by atoms with Crippen molar-refractivity contribution in [3.8, 4) is 0 Å². The van der Waals surface area contributed by atoms with Crippen molar-refractivity contribution in [1.82, 2.24) is 10.3 Å². The number of aliphatic hydroxyl groups is 1. The normalized spacial score (nSPS) is 12.6. The highest BCUT2D eigenvalue weighted by Crippen LogP contribution is 2.15. The molecule has 1 radical (unpaired) electrons. The quantitative estimate of drug-likeness (QED) is 0.593. The highest BCUT2D eigenvalue weighted by Gasteiger charge is 2.06. The van der Waals surface area contributed by atoms with Crippen molar-refractivity contribution >= 4 is 10.9 Å². The Morgan fingerprint density at radius 1 is 1.08 bits per heavy atom. The molecule has 0 aliphatic carbocycles. The number of H-pyrrole nitrogens is 1. The first kappa shape index (κ1) is 16.7. The highest BCUT2D eigenvalue weighted by atomic mass is 16.3.